The van der Waals surface area contributed by atoms with Gasteiger partial charge in [-0.2, -0.15) is 17.0 Å². The lowest BCUT2D eigenvalue weighted by Crippen LogP contribution is -2.54. The zero-order valence-corrected chi connectivity index (χ0v) is 13.3. The van der Waals surface area contributed by atoms with Gasteiger partial charge in [-0.25, -0.2) is 0 Å². The van der Waals surface area contributed by atoms with E-state index in [0.717, 1.165) is 38.9 Å². The van der Waals surface area contributed by atoms with Gasteiger partial charge in [-0.05, 0) is 38.3 Å². The lowest BCUT2D eigenvalue weighted by Gasteiger charge is -2.38. The van der Waals surface area contributed by atoms with E-state index in [1.165, 1.54) is 0 Å². The normalized spacial score (nSPS) is 27.8. The van der Waals surface area contributed by atoms with Gasteiger partial charge in [0.05, 0.1) is 0 Å². The Morgan fingerprint density at radius 2 is 1.80 bits per heavy atom. The molecule has 0 aliphatic carbocycles. The molecule has 6 nitrogen and oxygen atoms in total. The van der Waals surface area contributed by atoms with E-state index in [1.54, 1.807) is 8.61 Å². The smallest absolute Gasteiger partial charge is 0.282 e. The minimum atomic E-state index is -3.25. The largest absolute Gasteiger partial charge is 0.330 e. The molecule has 1 unspecified atom stereocenters. The molecule has 0 amide bonds. The molecule has 2 fully saturated rings. The van der Waals surface area contributed by atoms with Crippen molar-refractivity contribution in [2.75, 3.05) is 52.4 Å². The number of hydrogen-bond acceptors (Lipinski definition) is 4. The number of nitrogens with zero attached hydrogens (tertiary/aromatic N) is 3. The molecular weight excluding hydrogens is 276 g/mol. The summed E-state index contributed by atoms with van der Waals surface area (Å²) in [6, 6.07) is 0. The lowest BCUT2D eigenvalue weighted by atomic mass is 10.0. The summed E-state index contributed by atoms with van der Waals surface area (Å²) >= 11 is 0. The Kier molecular flexibility index (Phi) is 5.80. The highest BCUT2D eigenvalue weighted by atomic mass is 32.2. The summed E-state index contributed by atoms with van der Waals surface area (Å²) in [5, 5.41) is 0. The van der Waals surface area contributed by atoms with Gasteiger partial charge >= 0.3 is 0 Å². The SMILES string of the molecule is CC1CCCN(S(=O)(=O)N2CCN(CCCN)CC2)C1. The first kappa shape index (κ1) is 16.2. The summed E-state index contributed by atoms with van der Waals surface area (Å²) in [7, 11) is -3.25. The summed E-state index contributed by atoms with van der Waals surface area (Å²) in [6.45, 7) is 8.03. The fourth-order valence-electron chi connectivity index (χ4n) is 3.02. The Labute approximate surface area is 123 Å². The molecule has 0 aromatic carbocycles. The Hall–Kier alpha value is -0.210. The van der Waals surface area contributed by atoms with Gasteiger partial charge in [-0.1, -0.05) is 6.92 Å². The van der Waals surface area contributed by atoms with Crippen LogP contribution in [0.5, 0.6) is 0 Å². The highest BCUT2D eigenvalue weighted by Crippen LogP contribution is 2.21. The van der Waals surface area contributed by atoms with Crippen LogP contribution in [0.3, 0.4) is 0 Å². The summed E-state index contributed by atoms with van der Waals surface area (Å²) in [4.78, 5) is 2.30. The van der Waals surface area contributed by atoms with Crippen LogP contribution < -0.4 is 5.73 Å². The predicted octanol–water partition coefficient (Wildman–Crippen LogP) is -0.0705. The van der Waals surface area contributed by atoms with E-state index in [1.807, 2.05) is 0 Å². The van der Waals surface area contributed by atoms with E-state index in [2.05, 4.69) is 11.8 Å². The van der Waals surface area contributed by atoms with E-state index in [9.17, 15) is 8.42 Å². The molecule has 0 aromatic heterocycles. The fourth-order valence-corrected chi connectivity index (χ4v) is 4.77. The third-order valence-electron chi connectivity index (χ3n) is 4.28. The molecule has 0 spiro atoms. The maximum absolute atomic E-state index is 12.6. The van der Waals surface area contributed by atoms with E-state index >= 15 is 0 Å². The molecule has 2 aliphatic rings. The second kappa shape index (κ2) is 7.17. The van der Waals surface area contributed by atoms with Crippen LogP contribution in [0.15, 0.2) is 0 Å². The van der Waals surface area contributed by atoms with E-state index < -0.39 is 10.2 Å². The molecule has 2 N–H and O–H groups in total. The van der Waals surface area contributed by atoms with Crippen LogP contribution in [0.25, 0.3) is 0 Å². The van der Waals surface area contributed by atoms with Crippen LogP contribution in [0.4, 0.5) is 0 Å². The summed E-state index contributed by atoms with van der Waals surface area (Å²) < 4.78 is 28.6. The van der Waals surface area contributed by atoms with Gasteiger partial charge < -0.3 is 10.6 Å². The number of piperazine rings is 1. The first-order valence-electron chi connectivity index (χ1n) is 7.71. The maximum Gasteiger partial charge on any atom is 0.282 e. The van der Waals surface area contributed by atoms with Crippen LogP contribution in [-0.2, 0) is 10.2 Å². The van der Waals surface area contributed by atoms with Gasteiger partial charge in [-0.15, -0.1) is 0 Å². The molecule has 0 aromatic rings. The van der Waals surface area contributed by atoms with Gasteiger partial charge in [0, 0.05) is 39.3 Å². The van der Waals surface area contributed by atoms with Crippen molar-refractivity contribution in [1.82, 2.24) is 13.5 Å². The summed E-state index contributed by atoms with van der Waals surface area (Å²) in [5.74, 6) is 0.476. The average Bonchev–Trinajstić information content (AvgIpc) is 2.45. The van der Waals surface area contributed by atoms with E-state index in [4.69, 9.17) is 5.73 Å². The van der Waals surface area contributed by atoms with Crippen molar-refractivity contribution >= 4 is 10.2 Å². The van der Waals surface area contributed by atoms with Crippen molar-refractivity contribution in [2.24, 2.45) is 11.7 Å². The standard InChI is InChI=1S/C13H28N4O2S/c1-13-4-2-7-17(12-13)20(18,19)16-10-8-15(9-11-16)6-3-5-14/h13H,2-12,14H2,1H3. The van der Waals surface area contributed by atoms with Crippen molar-refractivity contribution in [3.05, 3.63) is 0 Å². The molecule has 0 radical (unpaired) electrons. The highest BCUT2D eigenvalue weighted by molar-refractivity contribution is 7.86. The molecule has 2 heterocycles. The van der Waals surface area contributed by atoms with Crippen molar-refractivity contribution in [3.63, 3.8) is 0 Å². The molecule has 118 valence electrons. The number of hydrogen-bond donors (Lipinski definition) is 1. The second-order valence-corrected chi connectivity index (χ2v) is 7.92. The molecule has 7 heteroatoms. The zero-order chi connectivity index (χ0) is 14.6. The predicted molar refractivity (Wildman–Crippen MR) is 80.6 cm³/mol. The number of nitrogens with two attached hydrogens (primary N) is 1. The Morgan fingerprint density at radius 1 is 1.10 bits per heavy atom. The van der Waals surface area contributed by atoms with Crippen molar-refractivity contribution in [1.29, 1.82) is 0 Å². The van der Waals surface area contributed by atoms with Crippen LogP contribution in [-0.4, -0.2) is 74.3 Å². The molecule has 2 aliphatic heterocycles. The van der Waals surface area contributed by atoms with Crippen LogP contribution in [0, 0.1) is 5.92 Å². The fraction of sp³-hybridized carbons (Fsp3) is 1.00. The van der Waals surface area contributed by atoms with E-state index in [-0.39, 0.29) is 0 Å². The van der Waals surface area contributed by atoms with Crippen molar-refractivity contribution in [3.8, 4) is 0 Å². The zero-order valence-electron chi connectivity index (χ0n) is 12.5. The molecule has 1 atom stereocenters. The Morgan fingerprint density at radius 3 is 2.40 bits per heavy atom. The quantitative estimate of drug-likeness (QED) is 0.772. The molecule has 2 rings (SSSR count). The van der Waals surface area contributed by atoms with Gasteiger partial charge in [-0.3, -0.25) is 0 Å². The van der Waals surface area contributed by atoms with Gasteiger partial charge in [0.25, 0.3) is 10.2 Å². The average molecular weight is 304 g/mol. The van der Waals surface area contributed by atoms with Gasteiger partial charge in [0.2, 0.25) is 0 Å². The maximum atomic E-state index is 12.6. The van der Waals surface area contributed by atoms with Crippen LogP contribution >= 0.6 is 0 Å². The molecule has 20 heavy (non-hydrogen) atoms. The minimum absolute atomic E-state index is 0.476. The number of piperidine rings is 1. The third-order valence-corrected chi connectivity index (χ3v) is 6.28. The van der Waals surface area contributed by atoms with Gasteiger partial charge in [0.1, 0.15) is 0 Å². The molecule has 0 saturated carbocycles. The summed E-state index contributed by atoms with van der Waals surface area (Å²) in [6.07, 6.45) is 3.10. The van der Waals surface area contributed by atoms with E-state index in [0.29, 0.717) is 38.6 Å². The molecule has 0 bridgehead atoms. The minimum Gasteiger partial charge on any atom is -0.330 e. The Bertz CT molecular complexity index is 393. The summed E-state index contributed by atoms with van der Waals surface area (Å²) in [5.41, 5.74) is 5.51. The first-order valence-corrected chi connectivity index (χ1v) is 9.11. The lowest BCUT2D eigenvalue weighted by molar-refractivity contribution is 0.174. The van der Waals surface area contributed by atoms with Gasteiger partial charge in [0.15, 0.2) is 0 Å². The highest BCUT2D eigenvalue weighted by Gasteiger charge is 2.34. The third kappa shape index (κ3) is 3.92. The monoisotopic (exact) mass is 304 g/mol. The Balaban J connectivity index is 1.88. The van der Waals surface area contributed by atoms with Crippen molar-refractivity contribution < 1.29 is 8.42 Å². The first-order chi connectivity index (χ1) is 9.54. The topological polar surface area (TPSA) is 69.9 Å². The van der Waals surface area contributed by atoms with Crippen LogP contribution in [0.2, 0.25) is 0 Å². The molecular formula is C13H28N4O2S. The van der Waals surface area contributed by atoms with Crippen LogP contribution in [0.1, 0.15) is 26.2 Å². The number of rotatable bonds is 5. The second-order valence-electron chi connectivity index (χ2n) is 6.00. The van der Waals surface area contributed by atoms with Crippen molar-refractivity contribution in [2.45, 2.75) is 26.2 Å². The molecule has 2 saturated heterocycles.